The largest absolute Gasteiger partial charge is 0.493 e. The molecule has 0 aliphatic carbocycles. The molecule has 4 rings (SSSR count). The Morgan fingerprint density at radius 1 is 1.03 bits per heavy atom. The highest BCUT2D eigenvalue weighted by atomic mass is 16.6. The van der Waals surface area contributed by atoms with Crippen LogP contribution >= 0.6 is 0 Å². The molecule has 0 amide bonds. The van der Waals surface area contributed by atoms with Crippen LogP contribution in [0.2, 0.25) is 0 Å². The quantitative estimate of drug-likeness (QED) is 0.435. The molecular formula is C27H31NO8. The van der Waals surface area contributed by atoms with Crippen LogP contribution in [0.25, 0.3) is 6.08 Å². The van der Waals surface area contributed by atoms with E-state index >= 15 is 0 Å². The summed E-state index contributed by atoms with van der Waals surface area (Å²) in [6.07, 6.45) is 2.62. The molecule has 2 aliphatic rings. The second kappa shape index (κ2) is 10.6. The Hall–Kier alpha value is -3.56. The lowest BCUT2D eigenvalue weighted by Crippen LogP contribution is -2.59. The second-order valence-corrected chi connectivity index (χ2v) is 8.91. The van der Waals surface area contributed by atoms with Crippen molar-refractivity contribution in [2.75, 3.05) is 28.4 Å². The third-order valence-electron chi connectivity index (χ3n) is 6.88. The molecule has 2 saturated heterocycles. The highest BCUT2D eigenvalue weighted by Gasteiger charge is 2.59. The summed E-state index contributed by atoms with van der Waals surface area (Å²) in [7, 11) is 6.37. The fourth-order valence-corrected chi connectivity index (χ4v) is 5.02. The fourth-order valence-electron chi connectivity index (χ4n) is 5.02. The molecule has 4 atom stereocenters. The van der Waals surface area contributed by atoms with E-state index in [9.17, 15) is 14.7 Å². The Balaban J connectivity index is 1.47. The summed E-state index contributed by atoms with van der Waals surface area (Å²) in [5.41, 5.74) is -0.210. The number of fused-ring (bicyclic) bond motifs is 2. The third kappa shape index (κ3) is 4.89. The molecule has 2 aliphatic heterocycles. The van der Waals surface area contributed by atoms with Gasteiger partial charge < -0.3 is 28.8 Å². The van der Waals surface area contributed by atoms with E-state index in [1.165, 1.54) is 27.4 Å². The third-order valence-corrected chi connectivity index (χ3v) is 6.88. The Morgan fingerprint density at radius 2 is 1.69 bits per heavy atom. The maximum Gasteiger partial charge on any atom is 0.339 e. The predicted molar refractivity (Wildman–Crippen MR) is 131 cm³/mol. The molecule has 0 saturated carbocycles. The highest BCUT2D eigenvalue weighted by molar-refractivity contribution is 5.90. The summed E-state index contributed by atoms with van der Waals surface area (Å²) >= 11 is 0. The van der Waals surface area contributed by atoms with Gasteiger partial charge in [-0.05, 0) is 49.4 Å². The van der Waals surface area contributed by atoms with E-state index in [0.29, 0.717) is 41.2 Å². The average Bonchev–Trinajstić information content (AvgIpc) is 3.01. The number of esters is 2. The van der Waals surface area contributed by atoms with Crippen LogP contribution in [0.3, 0.4) is 0 Å². The van der Waals surface area contributed by atoms with Gasteiger partial charge in [0.1, 0.15) is 12.2 Å². The summed E-state index contributed by atoms with van der Waals surface area (Å²) < 4.78 is 27.6. The van der Waals surface area contributed by atoms with Crippen molar-refractivity contribution < 1.29 is 38.4 Å². The van der Waals surface area contributed by atoms with Crippen molar-refractivity contribution in [3.05, 3.63) is 59.7 Å². The summed E-state index contributed by atoms with van der Waals surface area (Å²) in [5, 5.41) is 10.9. The Labute approximate surface area is 210 Å². The molecule has 0 aromatic heterocycles. The van der Waals surface area contributed by atoms with Crippen molar-refractivity contribution >= 4 is 18.0 Å². The van der Waals surface area contributed by atoms with Gasteiger partial charge >= 0.3 is 11.9 Å². The van der Waals surface area contributed by atoms with Gasteiger partial charge in [0.15, 0.2) is 17.2 Å². The molecule has 0 radical (unpaired) electrons. The number of hydrogen-bond acceptors (Lipinski definition) is 9. The molecule has 36 heavy (non-hydrogen) atoms. The molecule has 9 heteroatoms. The number of benzene rings is 2. The zero-order chi connectivity index (χ0) is 25.9. The Morgan fingerprint density at radius 3 is 2.31 bits per heavy atom. The van der Waals surface area contributed by atoms with E-state index in [0.717, 1.165) is 0 Å². The summed E-state index contributed by atoms with van der Waals surface area (Å²) in [6, 6.07) is 12.0. The van der Waals surface area contributed by atoms with Crippen molar-refractivity contribution in [2.45, 2.75) is 43.2 Å². The van der Waals surface area contributed by atoms with Crippen molar-refractivity contribution in [1.82, 2.24) is 4.90 Å². The number of carbonyl (C=O) groups excluding carboxylic acids is 2. The van der Waals surface area contributed by atoms with Gasteiger partial charge in [-0.25, -0.2) is 9.59 Å². The Kier molecular flexibility index (Phi) is 7.51. The first-order chi connectivity index (χ1) is 17.3. The molecule has 2 aromatic rings. The second-order valence-electron chi connectivity index (χ2n) is 8.91. The maximum atomic E-state index is 12.8. The van der Waals surface area contributed by atoms with Crippen LogP contribution in [0.5, 0.6) is 17.2 Å². The van der Waals surface area contributed by atoms with Crippen molar-refractivity contribution in [1.29, 1.82) is 0 Å². The lowest BCUT2D eigenvalue weighted by atomic mass is 9.96. The maximum absolute atomic E-state index is 12.8. The first-order valence-electron chi connectivity index (χ1n) is 11.7. The van der Waals surface area contributed by atoms with Crippen LogP contribution < -0.4 is 14.2 Å². The Bertz CT molecular complexity index is 1110. The molecule has 2 fully saturated rings. The molecule has 0 unspecified atom stereocenters. The van der Waals surface area contributed by atoms with Crippen molar-refractivity contribution in [3.63, 3.8) is 0 Å². The molecular weight excluding hydrogens is 466 g/mol. The first kappa shape index (κ1) is 25.5. The van der Waals surface area contributed by atoms with E-state index in [-0.39, 0.29) is 12.5 Å². The number of nitrogens with zero attached hydrogens (tertiary/aromatic N) is 1. The van der Waals surface area contributed by atoms with Gasteiger partial charge in [-0.2, -0.15) is 0 Å². The van der Waals surface area contributed by atoms with E-state index in [1.54, 1.807) is 42.5 Å². The fraction of sp³-hybridized carbons (Fsp3) is 0.407. The van der Waals surface area contributed by atoms with E-state index < -0.39 is 29.9 Å². The standard InChI is InChI=1S/C27H31NO8/c1-28-19-14-20(16-27(28,23(29)15-19)36-26(31)18-8-6-5-7-9-18)35-24(30)11-10-17-12-21(32-2)25(34-4)22(13-17)33-3/h5-13,19-20,23,29H,14-16H2,1-4H3/b11-10+/t19-,20-,23-,27-/m1/s1. The van der Waals surface area contributed by atoms with Gasteiger partial charge in [0, 0.05) is 25.0 Å². The number of hydrogen-bond donors (Lipinski definition) is 1. The molecule has 2 bridgehead atoms. The van der Waals surface area contributed by atoms with Gasteiger partial charge in [-0.3, -0.25) is 4.90 Å². The molecule has 2 heterocycles. The number of ether oxygens (including phenoxy) is 5. The predicted octanol–water partition coefficient (Wildman–Crippen LogP) is 3.05. The molecule has 9 nitrogen and oxygen atoms in total. The molecule has 0 spiro atoms. The van der Waals surface area contributed by atoms with Crippen molar-refractivity contribution in [3.8, 4) is 17.2 Å². The number of methoxy groups -OCH3 is 3. The average molecular weight is 498 g/mol. The van der Waals surface area contributed by atoms with Gasteiger partial charge in [-0.1, -0.05) is 18.2 Å². The van der Waals surface area contributed by atoms with Crippen LogP contribution in [0.4, 0.5) is 0 Å². The SMILES string of the molecule is COc1cc(/C=C/C(=O)O[C@@H]2C[C@@H]3C[C@@H](O)[C@](OC(=O)c4ccccc4)(C2)N3C)cc(OC)c1OC. The summed E-state index contributed by atoms with van der Waals surface area (Å²) in [5.74, 6) is 0.310. The van der Waals surface area contributed by atoms with Crippen molar-refractivity contribution in [2.24, 2.45) is 0 Å². The van der Waals surface area contributed by atoms with Crippen LogP contribution in [-0.4, -0.2) is 74.3 Å². The lowest BCUT2D eigenvalue weighted by Gasteiger charge is -2.45. The summed E-state index contributed by atoms with van der Waals surface area (Å²) in [6.45, 7) is 0. The number of aliphatic hydroxyl groups is 1. The number of piperidine rings is 1. The number of likely N-dealkylation sites (N-methyl/N-ethyl adjacent to an activating group) is 1. The molecule has 2 aromatic carbocycles. The zero-order valence-corrected chi connectivity index (χ0v) is 20.8. The van der Waals surface area contributed by atoms with Gasteiger partial charge in [0.2, 0.25) is 5.75 Å². The van der Waals surface area contributed by atoms with E-state index in [4.69, 9.17) is 23.7 Å². The zero-order valence-electron chi connectivity index (χ0n) is 20.8. The highest BCUT2D eigenvalue weighted by Crippen LogP contribution is 2.45. The van der Waals surface area contributed by atoms with Gasteiger partial charge in [0.05, 0.1) is 26.9 Å². The number of rotatable bonds is 8. The topological polar surface area (TPSA) is 104 Å². The van der Waals surface area contributed by atoms with Gasteiger partial charge in [0.25, 0.3) is 0 Å². The minimum absolute atomic E-state index is 0.0887. The molecule has 192 valence electrons. The minimum Gasteiger partial charge on any atom is -0.493 e. The van der Waals surface area contributed by atoms with E-state index in [1.807, 2.05) is 18.0 Å². The van der Waals surface area contributed by atoms with Crippen LogP contribution in [-0.2, 0) is 14.3 Å². The van der Waals surface area contributed by atoms with Crippen LogP contribution in [0.1, 0.15) is 35.2 Å². The normalized spacial score (nSPS) is 25.4. The monoisotopic (exact) mass is 497 g/mol. The smallest absolute Gasteiger partial charge is 0.339 e. The first-order valence-corrected chi connectivity index (χ1v) is 11.7. The minimum atomic E-state index is -1.26. The molecule has 1 N–H and O–H groups in total. The number of carbonyl (C=O) groups is 2. The van der Waals surface area contributed by atoms with Crippen LogP contribution in [0.15, 0.2) is 48.5 Å². The van der Waals surface area contributed by atoms with E-state index in [2.05, 4.69) is 0 Å². The lowest BCUT2D eigenvalue weighted by molar-refractivity contribution is -0.188. The van der Waals surface area contributed by atoms with Crippen LogP contribution in [0, 0.1) is 0 Å². The summed E-state index contributed by atoms with van der Waals surface area (Å²) in [4.78, 5) is 27.4. The number of aliphatic hydroxyl groups excluding tert-OH is 1. The van der Waals surface area contributed by atoms with Gasteiger partial charge in [-0.15, -0.1) is 0 Å².